The van der Waals surface area contributed by atoms with Crippen LogP contribution in [0.4, 0.5) is 5.69 Å². The quantitative estimate of drug-likeness (QED) is 0.265. The zero-order valence-corrected chi connectivity index (χ0v) is 20.7. The maximum Gasteiger partial charge on any atom is 0.339 e. The van der Waals surface area contributed by atoms with Crippen molar-refractivity contribution in [3.8, 4) is 5.75 Å². The summed E-state index contributed by atoms with van der Waals surface area (Å²) in [6.07, 6.45) is 2.32. The number of para-hydroxylation sites is 1. The second kappa shape index (κ2) is 14.0. The third kappa shape index (κ3) is 9.31. The highest BCUT2D eigenvalue weighted by molar-refractivity contribution is 5.91. The van der Waals surface area contributed by atoms with Crippen molar-refractivity contribution in [2.24, 2.45) is 5.92 Å². The number of carbonyl (C=O) groups is 3. The van der Waals surface area contributed by atoms with Crippen molar-refractivity contribution in [1.29, 1.82) is 0 Å². The number of aliphatic carboxylic acids is 1. The molecule has 0 aliphatic heterocycles. The first-order valence-corrected chi connectivity index (χ1v) is 12.0. The van der Waals surface area contributed by atoms with E-state index in [-0.39, 0.29) is 36.1 Å². The first-order chi connectivity index (χ1) is 16.7. The van der Waals surface area contributed by atoms with Crippen LogP contribution >= 0.6 is 0 Å². The molecule has 0 unspecified atom stereocenters. The van der Waals surface area contributed by atoms with Crippen LogP contribution < -0.4 is 15.4 Å². The highest BCUT2D eigenvalue weighted by Gasteiger charge is 2.20. The number of hydrogen-bond donors (Lipinski definition) is 4. The highest BCUT2D eigenvalue weighted by Crippen LogP contribution is 2.28. The predicted molar refractivity (Wildman–Crippen MR) is 135 cm³/mol. The van der Waals surface area contributed by atoms with Crippen molar-refractivity contribution in [3.63, 3.8) is 0 Å². The lowest BCUT2D eigenvalue weighted by molar-refractivity contribution is -0.137. The van der Waals surface area contributed by atoms with E-state index in [2.05, 4.69) is 24.5 Å². The largest absolute Gasteiger partial charge is 0.493 e. The second-order valence-electron chi connectivity index (χ2n) is 8.86. The number of nitrogens with one attached hydrogen (secondary N) is 2. The number of ether oxygens (including phenoxy) is 1. The maximum absolute atomic E-state index is 13.0. The van der Waals surface area contributed by atoms with Crippen molar-refractivity contribution in [2.75, 3.05) is 18.5 Å². The molecule has 0 radical (unpaired) electrons. The molecule has 8 heteroatoms. The lowest BCUT2D eigenvalue weighted by Crippen LogP contribution is -2.31. The van der Waals surface area contributed by atoms with Crippen molar-refractivity contribution in [1.82, 2.24) is 5.32 Å². The predicted octanol–water partition coefficient (Wildman–Crippen LogP) is 4.90. The molecule has 0 aromatic heterocycles. The minimum absolute atomic E-state index is 0.0667. The lowest BCUT2D eigenvalue weighted by Gasteiger charge is -2.24. The summed E-state index contributed by atoms with van der Waals surface area (Å²) < 4.78 is 5.45. The fourth-order valence-electron chi connectivity index (χ4n) is 3.88. The van der Waals surface area contributed by atoms with Crippen molar-refractivity contribution >= 4 is 23.5 Å². The Morgan fingerprint density at radius 2 is 1.77 bits per heavy atom. The van der Waals surface area contributed by atoms with Crippen LogP contribution in [0.2, 0.25) is 0 Å². The van der Waals surface area contributed by atoms with E-state index < -0.39 is 11.9 Å². The molecule has 8 nitrogen and oxygen atoms in total. The molecule has 0 saturated carbocycles. The Morgan fingerprint density at radius 1 is 1.03 bits per heavy atom. The Bertz CT molecular complexity index is 1000. The molecule has 190 valence electrons. The molecular formula is C27H36N2O6. The van der Waals surface area contributed by atoms with E-state index in [1.165, 1.54) is 6.07 Å². The number of benzene rings is 2. The summed E-state index contributed by atoms with van der Waals surface area (Å²) in [5, 5.41) is 24.7. The van der Waals surface area contributed by atoms with E-state index in [9.17, 15) is 19.5 Å². The van der Waals surface area contributed by atoms with Gasteiger partial charge in [0.1, 0.15) is 11.3 Å². The molecule has 0 saturated heterocycles. The molecule has 0 fully saturated rings. The van der Waals surface area contributed by atoms with Crippen LogP contribution in [-0.2, 0) is 16.0 Å². The molecule has 1 atom stereocenters. The van der Waals surface area contributed by atoms with E-state index in [0.29, 0.717) is 31.1 Å². The van der Waals surface area contributed by atoms with Crippen molar-refractivity contribution in [3.05, 3.63) is 59.2 Å². The summed E-state index contributed by atoms with van der Waals surface area (Å²) in [5.74, 6) is -1.45. The number of rotatable bonds is 15. The fourth-order valence-corrected chi connectivity index (χ4v) is 3.88. The summed E-state index contributed by atoms with van der Waals surface area (Å²) in [6.45, 7) is 6.94. The van der Waals surface area contributed by atoms with Gasteiger partial charge < -0.3 is 25.6 Å². The van der Waals surface area contributed by atoms with E-state index in [1.54, 1.807) is 19.1 Å². The van der Waals surface area contributed by atoms with Gasteiger partial charge >= 0.3 is 11.9 Å². The van der Waals surface area contributed by atoms with Crippen LogP contribution in [0.1, 0.15) is 74.0 Å². The number of amides is 1. The molecule has 0 bridgehead atoms. The molecule has 2 aromatic rings. The van der Waals surface area contributed by atoms with E-state index in [1.807, 2.05) is 24.3 Å². The lowest BCUT2D eigenvalue weighted by atomic mass is 9.95. The van der Waals surface area contributed by atoms with Gasteiger partial charge in [-0.1, -0.05) is 38.1 Å². The SMILES string of the molecule is CCOc1cc(CC(=O)N[C@@H](CC(C)C)c2ccccc2NCCCCC(=O)O)ccc1C(=O)O. The Balaban J connectivity index is 2.13. The average Bonchev–Trinajstić information content (AvgIpc) is 2.78. The smallest absolute Gasteiger partial charge is 0.339 e. The molecular weight excluding hydrogens is 448 g/mol. The summed E-state index contributed by atoms with van der Waals surface area (Å²) in [6, 6.07) is 12.3. The van der Waals surface area contributed by atoms with Crippen LogP contribution in [0.3, 0.4) is 0 Å². The van der Waals surface area contributed by atoms with Gasteiger partial charge in [0, 0.05) is 18.7 Å². The van der Waals surface area contributed by atoms with Gasteiger partial charge in [0.05, 0.1) is 19.1 Å². The number of carboxylic acids is 2. The van der Waals surface area contributed by atoms with Gasteiger partial charge in [-0.05, 0) is 61.4 Å². The van der Waals surface area contributed by atoms with E-state index >= 15 is 0 Å². The number of unbranched alkanes of at least 4 members (excludes halogenated alkanes) is 1. The number of aromatic carboxylic acids is 1. The van der Waals surface area contributed by atoms with E-state index in [4.69, 9.17) is 9.84 Å². The van der Waals surface area contributed by atoms with Crippen LogP contribution in [0.5, 0.6) is 5.75 Å². The molecule has 0 aliphatic carbocycles. The summed E-state index contributed by atoms with van der Waals surface area (Å²) in [7, 11) is 0. The zero-order valence-electron chi connectivity index (χ0n) is 20.7. The van der Waals surface area contributed by atoms with Crippen LogP contribution in [-0.4, -0.2) is 41.2 Å². The van der Waals surface area contributed by atoms with Crippen LogP contribution in [0, 0.1) is 5.92 Å². The summed E-state index contributed by atoms with van der Waals surface area (Å²) >= 11 is 0. The van der Waals surface area contributed by atoms with Crippen LogP contribution in [0.15, 0.2) is 42.5 Å². The van der Waals surface area contributed by atoms with Crippen molar-refractivity contribution < 1.29 is 29.3 Å². The molecule has 4 N–H and O–H groups in total. The third-order valence-electron chi connectivity index (χ3n) is 5.45. The molecule has 1 amide bonds. The van der Waals surface area contributed by atoms with Gasteiger partial charge in [0.15, 0.2) is 0 Å². The molecule has 35 heavy (non-hydrogen) atoms. The molecule has 2 rings (SSSR count). The van der Waals surface area contributed by atoms with Gasteiger partial charge in [-0.25, -0.2) is 4.79 Å². The Kier molecular flexibility index (Phi) is 11.1. The maximum atomic E-state index is 13.0. The molecule has 0 spiro atoms. The first-order valence-electron chi connectivity index (χ1n) is 12.0. The van der Waals surface area contributed by atoms with Gasteiger partial charge in [0.25, 0.3) is 0 Å². The number of carboxylic acid groups (broad SMARTS) is 2. The van der Waals surface area contributed by atoms with Gasteiger partial charge in [-0.15, -0.1) is 0 Å². The standard InChI is InChI=1S/C27H36N2O6/c1-4-35-24-16-19(12-13-21(24)27(33)34)17-25(30)29-23(15-18(2)3)20-9-5-6-10-22(20)28-14-8-7-11-26(31)32/h5-6,9-10,12-13,16,18,23,28H,4,7-8,11,14-15,17H2,1-3H3,(H,29,30)(H,31,32)(H,33,34)/t23-/m0/s1. The highest BCUT2D eigenvalue weighted by atomic mass is 16.5. The zero-order chi connectivity index (χ0) is 25.8. The summed E-state index contributed by atoms with van der Waals surface area (Å²) in [5.41, 5.74) is 2.63. The Morgan fingerprint density at radius 3 is 2.43 bits per heavy atom. The molecule has 0 heterocycles. The number of anilines is 1. The topological polar surface area (TPSA) is 125 Å². The number of carbonyl (C=O) groups excluding carboxylic acids is 1. The monoisotopic (exact) mass is 484 g/mol. The van der Waals surface area contributed by atoms with Gasteiger partial charge in [0.2, 0.25) is 5.91 Å². The first kappa shape index (κ1) is 27.7. The Labute approximate surface area is 206 Å². The summed E-state index contributed by atoms with van der Waals surface area (Å²) in [4.78, 5) is 35.1. The van der Waals surface area contributed by atoms with Gasteiger partial charge in [-0.3, -0.25) is 9.59 Å². The second-order valence-corrected chi connectivity index (χ2v) is 8.86. The normalized spacial score (nSPS) is 11.7. The van der Waals surface area contributed by atoms with Crippen LogP contribution in [0.25, 0.3) is 0 Å². The van der Waals surface area contributed by atoms with Gasteiger partial charge in [-0.2, -0.15) is 0 Å². The fraction of sp³-hybridized carbons (Fsp3) is 0.444. The molecule has 2 aromatic carbocycles. The van der Waals surface area contributed by atoms with E-state index in [0.717, 1.165) is 24.1 Å². The minimum atomic E-state index is -1.08. The van der Waals surface area contributed by atoms with Crippen molar-refractivity contribution in [2.45, 2.75) is 58.9 Å². The minimum Gasteiger partial charge on any atom is -0.493 e. The average molecular weight is 485 g/mol. The molecule has 0 aliphatic rings. The Hall–Kier alpha value is -3.55. The number of hydrogen-bond acceptors (Lipinski definition) is 5. The third-order valence-corrected chi connectivity index (χ3v) is 5.45.